The first kappa shape index (κ1) is 19.0. The lowest BCUT2D eigenvalue weighted by Gasteiger charge is -2.12. The van der Waals surface area contributed by atoms with Gasteiger partial charge in [0.15, 0.2) is 15.0 Å². The van der Waals surface area contributed by atoms with E-state index in [-0.39, 0.29) is 4.90 Å². The van der Waals surface area contributed by atoms with Crippen LogP contribution in [0.1, 0.15) is 16.3 Å². The zero-order valence-corrected chi connectivity index (χ0v) is 17.0. The average Bonchev–Trinajstić information content (AvgIpc) is 3.12. The number of hydrogen-bond donors (Lipinski definition) is 2. The lowest BCUT2D eigenvalue weighted by molar-refractivity contribution is 0.204. The van der Waals surface area contributed by atoms with Gasteiger partial charge < -0.3 is 10.4 Å². The van der Waals surface area contributed by atoms with E-state index in [9.17, 15) is 13.5 Å². The molecule has 26 heavy (non-hydrogen) atoms. The number of nitrogens with zero attached hydrogens (tertiary/aromatic N) is 2. The largest absolute Gasteiger partial charge is 0.373 e. The van der Waals surface area contributed by atoms with E-state index in [0.717, 1.165) is 26.8 Å². The Labute approximate surface area is 160 Å². The highest BCUT2D eigenvalue weighted by molar-refractivity contribution is 7.90. The monoisotopic (exact) mass is 409 g/mol. The van der Waals surface area contributed by atoms with Crippen LogP contribution in [0.2, 0.25) is 0 Å². The smallest absolute Gasteiger partial charge is 0.185 e. The lowest BCUT2D eigenvalue weighted by atomic mass is 10.1. The Morgan fingerprint density at radius 1 is 1.19 bits per heavy atom. The van der Waals surface area contributed by atoms with Crippen LogP contribution in [0.25, 0.3) is 10.6 Å². The fourth-order valence-electron chi connectivity index (χ4n) is 2.50. The highest BCUT2D eigenvalue weighted by Gasteiger charge is 2.14. The van der Waals surface area contributed by atoms with Gasteiger partial charge in [0.1, 0.15) is 6.23 Å². The van der Waals surface area contributed by atoms with E-state index in [4.69, 9.17) is 0 Å². The molecule has 3 rings (SSSR count). The summed E-state index contributed by atoms with van der Waals surface area (Å²) < 4.78 is 23.0. The van der Waals surface area contributed by atoms with Gasteiger partial charge in [-0.3, -0.25) is 0 Å². The summed E-state index contributed by atoms with van der Waals surface area (Å²) in [6, 6.07) is 6.51. The van der Waals surface area contributed by atoms with Gasteiger partial charge in [0.2, 0.25) is 0 Å². The Balaban J connectivity index is 1.65. The van der Waals surface area contributed by atoms with Crippen LogP contribution in [0.4, 0.5) is 5.13 Å². The summed E-state index contributed by atoms with van der Waals surface area (Å²) >= 11 is 3.02. The summed E-state index contributed by atoms with van der Waals surface area (Å²) in [6.07, 6.45) is 0.699. The second-order valence-corrected chi connectivity index (χ2v) is 10.0. The van der Waals surface area contributed by atoms with Gasteiger partial charge in [-0.25, -0.2) is 18.4 Å². The summed E-state index contributed by atoms with van der Waals surface area (Å²) in [7, 11) is -3.21. The molecule has 2 heterocycles. The first-order chi connectivity index (χ1) is 12.2. The molecule has 0 spiro atoms. The molecule has 1 aromatic carbocycles. The quantitative estimate of drug-likeness (QED) is 0.607. The zero-order valence-electron chi connectivity index (χ0n) is 14.6. The second kappa shape index (κ2) is 7.43. The first-order valence-corrected chi connectivity index (χ1v) is 11.4. The van der Waals surface area contributed by atoms with E-state index in [1.165, 1.54) is 17.6 Å². The predicted octanol–water partition coefficient (Wildman–Crippen LogP) is 3.26. The van der Waals surface area contributed by atoms with E-state index in [0.29, 0.717) is 11.6 Å². The molecular weight excluding hydrogens is 390 g/mol. The fraction of sp³-hybridized carbons (Fsp3) is 0.294. The number of aromatic nitrogens is 2. The maximum absolute atomic E-state index is 11.5. The number of thiazole rings is 2. The molecule has 3 aromatic rings. The number of nitrogens with one attached hydrogen (secondary N) is 1. The van der Waals surface area contributed by atoms with E-state index < -0.39 is 16.1 Å². The third kappa shape index (κ3) is 4.47. The van der Waals surface area contributed by atoms with Crippen molar-refractivity contribution in [3.05, 3.63) is 45.9 Å². The molecular formula is C17H19N3O3S3. The van der Waals surface area contributed by atoms with Crippen molar-refractivity contribution in [2.75, 3.05) is 11.6 Å². The van der Waals surface area contributed by atoms with Crippen molar-refractivity contribution in [3.8, 4) is 10.6 Å². The van der Waals surface area contributed by atoms with Crippen molar-refractivity contribution in [3.63, 3.8) is 0 Å². The van der Waals surface area contributed by atoms with Gasteiger partial charge in [-0.15, -0.1) is 22.7 Å². The van der Waals surface area contributed by atoms with Gasteiger partial charge in [0.25, 0.3) is 0 Å². The van der Waals surface area contributed by atoms with Crippen molar-refractivity contribution < 1.29 is 13.5 Å². The first-order valence-electron chi connectivity index (χ1n) is 7.86. The minimum absolute atomic E-state index is 0.267. The van der Waals surface area contributed by atoms with Crippen molar-refractivity contribution in [1.29, 1.82) is 0 Å². The van der Waals surface area contributed by atoms with Crippen molar-refractivity contribution in [2.24, 2.45) is 0 Å². The molecule has 0 radical (unpaired) electrons. The van der Waals surface area contributed by atoms with E-state index in [1.54, 1.807) is 35.6 Å². The van der Waals surface area contributed by atoms with Gasteiger partial charge >= 0.3 is 0 Å². The van der Waals surface area contributed by atoms with E-state index >= 15 is 0 Å². The van der Waals surface area contributed by atoms with Crippen molar-refractivity contribution in [2.45, 2.75) is 31.4 Å². The number of sulfone groups is 1. The molecule has 1 unspecified atom stereocenters. The predicted molar refractivity (Wildman–Crippen MR) is 106 cm³/mol. The minimum atomic E-state index is -3.21. The topological polar surface area (TPSA) is 92.2 Å². The average molecular weight is 410 g/mol. The molecule has 9 heteroatoms. The van der Waals surface area contributed by atoms with Crippen molar-refractivity contribution >= 4 is 37.6 Å². The Bertz CT molecular complexity index is 1010. The number of rotatable bonds is 6. The molecule has 0 fully saturated rings. The molecule has 6 nitrogen and oxygen atoms in total. The number of benzene rings is 1. The molecule has 0 saturated carbocycles. The van der Waals surface area contributed by atoms with Crippen LogP contribution in [-0.4, -0.2) is 36.0 Å². The molecule has 0 amide bonds. The molecule has 0 aliphatic heterocycles. The highest BCUT2D eigenvalue weighted by Crippen LogP contribution is 2.32. The molecule has 0 aliphatic carbocycles. The van der Waals surface area contributed by atoms with E-state index in [2.05, 4.69) is 15.3 Å². The Kier molecular flexibility index (Phi) is 5.42. The molecule has 0 bridgehead atoms. The van der Waals surface area contributed by atoms with Crippen LogP contribution < -0.4 is 5.32 Å². The van der Waals surface area contributed by atoms with Crippen LogP contribution in [0.5, 0.6) is 0 Å². The van der Waals surface area contributed by atoms with Gasteiger partial charge in [0.05, 0.1) is 26.2 Å². The Hall–Kier alpha value is -1.81. The number of hydrogen-bond acceptors (Lipinski definition) is 8. The molecule has 0 aliphatic rings. The van der Waals surface area contributed by atoms with Crippen LogP contribution in [0.15, 0.2) is 34.5 Å². The lowest BCUT2D eigenvalue weighted by Crippen LogP contribution is -2.21. The van der Waals surface area contributed by atoms with Crippen LogP contribution in [-0.2, 0) is 16.3 Å². The second-order valence-electron chi connectivity index (χ2n) is 5.97. The number of aryl methyl sites for hydroxylation is 2. The summed E-state index contributed by atoms with van der Waals surface area (Å²) in [5, 5.41) is 16.8. The highest BCUT2D eigenvalue weighted by atomic mass is 32.2. The number of anilines is 1. The molecule has 138 valence electrons. The van der Waals surface area contributed by atoms with Crippen LogP contribution in [0.3, 0.4) is 0 Å². The van der Waals surface area contributed by atoms with Gasteiger partial charge in [-0.1, -0.05) is 12.1 Å². The summed E-state index contributed by atoms with van der Waals surface area (Å²) in [5.74, 6) is 0. The molecule has 2 N–H and O–H groups in total. The van der Waals surface area contributed by atoms with E-state index in [1.807, 2.05) is 19.2 Å². The third-order valence-corrected chi connectivity index (χ3v) is 6.71. The summed E-state index contributed by atoms with van der Waals surface area (Å²) in [6.45, 7) is 3.92. The van der Waals surface area contributed by atoms with Crippen LogP contribution in [0, 0.1) is 13.8 Å². The molecule has 2 aromatic heterocycles. The third-order valence-electron chi connectivity index (χ3n) is 3.71. The summed E-state index contributed by atoms with van der Waals surface area (Å²) in [4.78, 5) is 10.2. The normalized spacial score (nSPS) is 12.9. The zero-order chi connectivity index (χ0) is 18.9. The fourth-order valence-corrected chi connectivity index (χ4v) is 4.84. The molecule has 0 saturated heterocycles. The number of aliphatic hydroxyl groups is 1. The molecule has 1 atom stereocenters. The van der Waals surface area contributed by atoms with Crippen LogP contribution >= 0.6 is 22.7 Å². The van der Waals surface area contributed by atoms with Crippen molar-refractivity contribution in [1.82, 2.24) is 9.97 Å². The number of aliphatic hydroxyl groups excluding tert-OH is 1. The van der Waals surface area contributed by atoms with Gasteiger partial charge in [-0.05, 0) is 31.5 Å². The Morgan fingerprint density at radius 3 is 2.46 bits per heavy atom. The minimum Gasteiger partial charge on any atom is -0.373 e. The van der Waals surface area contributed by atoms with Gasteiger partial charge in [-0.2, -0.15) is 0 Å². The maximum atomic E-state index is 11.5. The maximum Gasteiger partial charge on any atom is 0.185 e. The SMILES string of the molecule is Cc1nc(C)c(-c2csc(NC(O)Cc3ccc(S(C)(=O)=O)cc3)n2)s1. The van der Waals surface area contributed by atoms with Gasteiger partial charge in [0, 0.05) is 18.1 Å². The summed E-state index contributed by atoms with van der Waals surface area (Å²) in [5.41, 5.74) is 2.64. The standard InChI is InChI=1S/C17H19N3O3S3/c1-10-16(25-11(2)18-10)14-9-24-17(19-14)20-15(21)8-12-4-6-13(7-5-12)26(3,22)23/h4-7,9,15,21H,8H2,1-3H3,(H,19,20). The Morgan fingerprint density at radius 2 is 1.88 bits per heavy atom.